The van der Waals surface area contributed by atoms with Crippen molar-refractivity contribution in [1.82, 2.24) is 20.6 Å². The first-order valence-electron chi connectivity index (χ1n) is 8.18. The fourth-order valence-electron chi connectivity index (χ4n) is 2.96. The Kier molecular flexibility index (Phi) is 5.15. The van der Waals surface area contributed by atoms with Crippen LogP contribution in [0.1, 0.15) is 46.7 Å². The Morgan fingerprint density at radius 1 is 0.792 bits per heavy atom. The lowest BCUT2D eigenvalue weighted by Gasteiger charge is -2.32. The molecular formula is C18H20N4O2. The highest BCUT2D eigenvalue weighted by Gasteiger charge is 2.28. The quantitative estimate of drug-likeness (QED) is 0.900. The van der Waals surface area contributed by atoms with Gasteiger partial charge in [-0.15, -0.1) is 0 Å². The van der Waals surface area contributed by atoms with Crippen LogP contribution >= 0.6 is 0 Å². The Hall–Kier alpha value is -2.76. The topological polar surface area (TPSA) is 84.0 Å². The molecular weight excluding hydrogens is 304 g/mol. The fraction of sp³-hybridized carbons (Fsp3) is 0.333. The average Bonchev–Trinajstić information content (AvgIpc) is 2.64. The molecule has 2 aromatic heterocycles. The summed E-state index contributed by atoms with van der Waals surface area (Å²) in [6.45, 7) is 0. The number of carbonyl (C=O) groups is 2. The molecule has 6 heteroatoms. The van der Waals surface area contributed by atoms with Crippen molar-refractivity contribution in [1.29, 1.82) is 0 Å². The summed E-state index contributed by atoms with van der Waals surface area (Å²) < 4.78 is 0. The first-order chi connectivity index (χ1) is 11.7. The zero-order chi connectivity index (χ0) is 16.8. The van der Waals surface area contributed by atoms with E-state index in [-0.39, 0.29) is 23.9 Å². The van der Waals surface area contributed by atoms with E-state index in [0.29, 0.717) is 11.4 Å². The van der Waals surface area contributed by atoms with Crippen molar-refractivity contribution in [3.05, 3.63) is 60.2 Å². The Labute approximate surface area is 140 Å². The predicted molar refractivity (Wildman–Crippen MR) is 89.5 cm³/mol. The van der Waals surface area contributed by atoms with Crippen LogP contribution in [0.5, 0.6) is 0 Å². The van der Waals surface area contributed by atoms with Gasteiger partial charge in [0.05, 0.1) is 0 Å². The zero-order valence-electron chi connectivity index (χ0n) is 13.3. The number of pyridine rings is 2. The number of nitrogens with zero attached hydrogens (tertiary/aromatic N) is 2. The van der Waals surface area contributed by atoms with Crippen molar-refractivity contribution in [2.24, 2.45) is 0 Å². The second kappa shape index (κ2) is 7.68. The van der Waals surface area contributed by atoms with E-state index in [4.69, 9.17) is 0 Å². The molecule has 6 nitrogen and oxygen atoms in total. The van der Waals surface area contributed by atoms with E-state index in [0.717, 1.165) is 25.7 Å². The largest absolute Gasteiger partial charge is 0.346 e. The maximum absolute atomic E-state index is 12.3. The van der Waals surface area contributed by atoms with Crippen LogP contribution in [0.2, 0.25) is 0 Å². The molecule has 0 spiro atoms. The van der Waals surface area contributed by atoms with Gasteiger partial charge in [0.15, 0.2) is 0 Å². The molecule has 0 aromatic carbocycles. The van der Waals surface area contributed by atoms with Gasteiger partial charge in [-0.05, 0) is 37.1 Å². The van der Waals surface area contributed by atoms with Gasteiger partial charge in [0.1, 0.15) is 11.4 Å². The first kappa shape index (κ1) is 16.1. The van der Waals surface area contributed by atoms with Crippen molar-refractivity contribution >= 4 is 11.8 Å². The summed E-state index contributed by atoms with van der Waals surface area (Å²) in [5.74, 6) is -0.417. The van der Waals surface area contributed by atoms with Gasteiger partial charge >= 0.3 is 0 Å². The fourth-order valence-corrected chi connectivity index (χ4v) is 2.96. The van der Waals surface area contributed by atoms with Crippen LogP contribution in [0, 0.1) is 0 Å². The third-order valence-corrected chi connectivity index (χ3v) is 4.19. The number of rotatable bonds is 4. The molecule has 0 radical (unpaired) electrons. The molecule has 2 amide bonds. The van der Waals surface area contributed by atoms with Crippen molar-refractivity contribution in [3.8, 4) is 0 Å². The van der Waals surface area contributed by atoms with Crippen molar-refractivity contribution in [3.63, 3.8) is 0 Å². The highest BCUT2D eigenvalue weighted by Crippen LogP contribution is 2.19. The third-order valence-electron chi connectivity index (χ3n) is 4.19. The molecule has 1 unspecified atom stereocenters. The van der Waals surface area contributed by atoms with Crippen LogP contribution < -0.4 is 10.6 Å². The van der Waals surface area contributed by atoms with Crippen LogP contribution in [-0.2, 0) is 0 Å². The molecule has 2 aromatic rings. The summed E-state index contributed by atoms with van der Waals surface area (Å²) in [4.78, 5) is 32.8. The Morgan fingerprint density at radius 2 is 1.25 bits per heavy atom. The lowest BCUT2D eigenvalue weighted by atomic mass is 9.90. The average molecular weight is 324 g/mol. The van der Waals surface area contributed by atoms with Gasteiger partial charge in [-0.2, -0.15) is 0 Å². The molecule has 0 aliphatic heterocycles. The van der Waals surface area contributed by atoms with Gasteiger partial charge in [0.2, 0.25) is 0 Å². The Balaban J connectivity index is 1.65. The van der Waals surface area contributed by atoms with Crippen molar-refractivity contribution in [2.45, 2.75) is 37.8 Å². The van der Waals surface area contributed by atoms with Crippen LogP contribution in [0.4, 0.5) is 0 Å². The molecule has 2 heterocycles. The standard InChI is InChI=1S/C18H20N4O2/c23-17(15-9-3-5-11-19-15)21-13-7-1-2-8-14(13)22-18(24)16-10-4-6-12-20-16/h3-6,9-14H,1-2,7-8H2,(H,21,23)(H,22,24)/t13-,14?/m0/s1. The molecule has 1 saturated carbocycles. The molecule has 2 N–H and O–H groups in total. The maximum Gasteiger partial charge on any atom is 0.270 e. The summed E-state index contributed by atoms with van der Waals surface area (Å²) in [6, 6.07) is 10.3. The molecule has 3 rings (SSSR count). The van der Waals surface area contributed by atoms with Crippen LogP contribution in [0.15, 0.2) is 48.8 Å². The van der Waals surface area contributed by atoms with Gasteiger partial charge in [0.25, 0.3) is 11.8 Å². The zero-order valence-corrected chi connectivity index (χ0v) is 13.3. The maximum atomic E-state index is 12.3. The molecule has 24 heavy (non-hydrogen) atoms. The third kappa shape index (κ3) is 3.95. The minimum Gasteiger partial charge on any atom is -0.346 e. The number of hydrogen-bond acceptors (Lipinski definition) is 4. The minimum atomic E-state index is -0.209. The number of nitrogens with one attached hydrogen (secondary N) is 2. The lowest BCUT2D eigenvalue weighted by molar-refractivity contribution is 0.0857. The summed E-state index contributed by atoms with van der Waals surface area (Å²) in [5.41, 5.74) is 0.774. The molecule has 0 saturated heterocycles. The molecule has 0 bridgehead atoms. The number of hydrogen-bond donors (Lipinski definition) is 2. The first-order valence-corrected chi connectivity index (χ1v) is 8.18. The predicted octanol–water partition coefficient (Wildman–Crippen LogP) is 1.95. The minimum absolute atomic E-state index is 0.0964. The van der Waals surface area contributed by atoms with E-state index in [9.17, 15) is 9.59 Å². The van der Waals surface area contributed by atoms with Crippen LogP contribution in [0.25, 0.3) is 0 Å². The van der Waals surface area contributed by atoms with Gasteiger partial charge in [-0.25, -0.2) is 0 Å². The normalized spacial score (nSPS) is 20.2. The Morgan fingerprint density at radius 3 is 1.62 bits per heavy atom. The van der Waals surface area contributed by atoms with E-state index in [1.54, 1.807) is 48.8 Å². The van der Waals surface area contributed by atoms with Crippen molar-refractivity contribution in [2.75, 3.05) is 0 Å². The lowest BCUT2D eigenvalue weighted by Crippen LogP contribution is -2.53. The van der Waals surface area contributed by atoms with Crippen molar-refractivity contribution < 1.29 is 9.59 Å². The van der Waals surface area contributed by atoms with Gasteiger partial charge in [0, 0.05) is 24.5 Å². The highest BCUT2D eigenvalue weighted by molar-refractivity contribution is 5.93. The number of amides is 2. The molecule has 124 valence electrons. The van der Waals surface area contributed by atoms with E-state index < -0.39 is 0 Å². The summed E-state index contributed by atoms with van der Waals surface area (Å²) in [6.07, 6.45) is 6.93. The SMILES string of the molecule is O=C(NC1CCCC[C@@H]1NC(=O)c1ccccn1)c1ccccn1. The van der Waals surface area contributed by atoms with E-state index >= 15 is 0 Å². The van der Waals surface area contributed by atoms with Gasteiger partial charge in [-0.1, -0.05) is 25.0 Å². The van der Waals surface area contributed by atoms with E-state index in [1.807, 2.05) is 0 Å². The second-order valence-corrected chi connectivity index (χ2v) is 5.87. The van der Waals surface area contributed by atoms with Gasteiger partial charge in [-0.3, -0.25) is 19.6 Å². The molecule has 2 atom stereocenters. The molecule has 1 fully saturated rings. The second-order valence-electron chi connectivity index (χ2n) is 5.87. The van der Waals surface area contributed by atoms with E-state index in [1.165, 1.54) is 0 Å². The highest BCUT2D eigenvalue weighted by atomic mass is 16.2. The summed E-state index contributed by atoms with van der Waals surface area (Å²) >= 11 is 0. The monoisotopic (exact) mass is 324 g/mol. The number of carbonyl (C=O) groups excluding carboxylic acids is 2. The summed E-state index contributed by atoms with van der Waals surface area (Å²) in [7, 11) is 0. The molecule has 1 aliphatic rings. The van der Waals surface area contributed by atoms with Gasteiger partial charge < -0.3 is 10.6 Å². The number of aromatic nitrogens is 2. The summed E-state index contributed by atoms with van der Waals surface area (Å²) in [5, 5.41) is 6.01. The van der Waals surface area contributed by atoms with Crippen LogP contribution in [0.3, 0.4) is 0 Å². The van der Waals surface area contributed by atoms with Crippen LogP contribution in [-0.4, -0.2) is 33.9 Å². The smallest absolute Gasteiger partial charge is 0.270 e. The molecule has 1 aliphatic carbocycles. The Bertz CT molecular complexity index is 629. The van der Waals surface area contributed by atoms with E-state index in [2.05, 4.69) is 20.6 Å².